The molecule has 1 aromatic heterocycles. The van der Waals surface area contributed by atoms with Crippen molar-refractivity contribution in [3.8, 4) is 0 Å². The Bertz CT molecular complexity index is 884. The second-order valence-corrected chi connectivity index (χ2v) is 8.41. The molecule has 29 heavy (non-hydrogen) atoms. The first-order valence-electron chi connectivity index (χ1n) is 10.8. The van der Waals surface area contributed by atoms with Gasteiger partial charge in [-0.05, 0) is 63.7 Å². The molecular formula is C23H30N4O2. The first kappa shape index (κ1) is 19.8. The average molecular weight is 395 g/mol. The van der Waals surface area contributed by atoms with Crippen LogP contribution in [0.15, 0.2) is 30.3 Å². The number of hydrogen-bond acceptors (Lipinski definition) is 4. The number of nitrogens with zero attached hydrogens (tertiary/aromatic N) is 2. The lowest BCUT2D eigenvalue weighted by atomic mass is 9.95. The lowest BCUT2D eigenvalue weighted by Gasteiger charge is -2.36. The molecule has 2 amide bonds. The molecule has 0 atom stereocenters. The van der Waals surface area contributed by atoms with Gasteiger partial charge < -0.3 is 15.5 Å². The fourth-order valence-electron chi connectivity index (χ4n) is 4.70. The van der Waals surface area contributed by atoms with Crippen LogP contribution in [0.1, 0.15) is 44.2 Å². The van der Waals surface area contributed by atoms with Crippen LogP contribution >= 0.6 is 0 Å². The minimum absolute atomic E-state index is 0.452. The second-order valence-electron chi connectivity index (χ2n) is 8.41. The third kappa shape index (κ3) is 4.75. The third-order valence-corrected chi connectivity index (χ3v) is 6.34. The van der Waals surface area contributed by atoms with Gasteiger partial charge in [0.2, 0.25) is 0 Å². The fraction of sp³-hybridized carbons (Fsp3) is 0.522. The Kier molecular flexibility index (Phi) is 6.09. The highest BCUT2D eigenvalue weighted by Gasteiger charge is 2.27. The van der Waals surface area contributed by atoms with Gasteiger partial charge in [-0.15, -0.1) is 0 Å². The Morgan fingerprint density at radius 1 is 1.07 bits per heavy atom. The van der Waals surface area contributed by atoms with Crippen molar-refractivity contribution in [3.05, 3.63) is 36.0 Å². The van der Waals surface area contributed by atoms with Crippen LogP contribution in [0.4, 0.5) is 5.69 Å². The van der Waals surface area contributed by atoms with Crippen molar-refractivity contribution >= 4 is 28.4 Å². The summed E-state index contributed by atoms with van der Waals surface area (Å²) in [5.74, 6) is -0.737. The smallest absolute Gasteiger partial charge is 0.313 e. The number of nitrogens with one attached hydrogen (secondary N) is 2. The van der Waals surface area contributed by atoms with Gasteiger partial charge >= 0.3 is 11.8 Å². The standard InChI is InChI=1S/C23H30N4O2/c1-16-14-21(19-8-4-5-9-20(19)25-16)26-23(29)22(28)24-15-17-10-12-27(13-11-17)18-6-2-3-7-18/h4-5,8-9,14,17-18H,2-3,6-7,10-13,15H2,1H3,(H,24,28)(H,25,26,29). The molecule has 2 aliphatic rings. The number of aryl methyl sites for hydroxylation is 1. The summed E-state index contributed by atoms with van der Waals surface area (Å²) in [7, 11) is 0. The summed E-state index contributed by atoms with van der Waals surface area (Å²) in [4.78, 5) is 31.8. The van der Waals surface area contributed by atoms with Crippen LogP contribution < -0.4 is 10.6 Å². The van der Waals surface area contributed by atoms with Gasteiger partial charge in [-0.3, -0.25) is 14.6 Å². The summed E-state index contributed by atoms with van der Waals surface area (Å²) >= 11 is 0. The van der Waals surface area contributed by atoms with E-state index in [1.165, 1.54) is 25.7 Å². The number of carbonyl (C=O) groups excluding carboxylic acids is 2. The number of likely N-dealkylation sites (tertiary alicyclic amines) is 1. The van der Waals surface area contributed by atoms with Crippen LogP contribution in [-0.4, -0.2) is 47.4 Å². The molecule has 0 unspecified atom stereocenters. The second kappa shape index (κ2) is 8.91. The summed E-state index contributed by atoms with van der Waals surface area (Å²) in [5, 5.41) is 6.42. The predicted octanol–water partition coefficient (Wildman–Crippen LogP) is 3.25. The number of fused-ring (bicyclic) bond motifs is 1. The maximum atomic E-state index is 12.4. The lowest BCUT2D eigenvalue weighted by Crippen LogP contribution is -2.44. The Labute approximate surface area is 172 Å². The molecule has 2 N–H and O–H groups in total. The van der Waals surface area contributed by atoms with E-state index in [1.807, 2.05) is 31.2 Å². The molecule has 0 radical (unpaired) electrons. The number of benzene rings is 1. The van der Waals surface area contributed by atoms with E-state index in [0.717, 1.165) is 48.6 Å². The zero-order valence-corrected chi connectivity index (χ0v) is 17.1. The van der Waals surface area contributed by atoms with E-state index in [2.05, 4.69) is 20.5 Å². The Morgan fingerprint density at radius 3 is 2.55 bits per heavy atom. The highest BCUT2D eigenvalue weighted by Crippen LogP contribution is 2.27. The van der Waals surface area contributed by atoms with Crippen molar-refractivity contribution in [2.75, 3.05) is 25.0 Å². The Balaban J connectivity index is 1.28. The molecule has 6 heteroatoms. The number of pyridine rings is 1. The highest BCUT2D eigenvalue weighted by molar-refractivity contribution is 6.40. The van der Waals surface area contributed by atoms with E-state index >= 15 is 0 Å². The van der Waals surface area contributed by atoms with E-state index in [9.17, 15) is 9.59 Å². The molecule has 2 aromatic rings. The third-order valence-electron chi connectivity index (χ3n) is 6.34. The molecule has 2 heterocycles. The van der Waals surface area contributed by atoms with Gasteiger partial charge in [-0.25, -0.2) is 0 Å². The molecule has 6 nitrogen and oxygen atoms in total. The monoisotopic (exact) mass is 394 g/mol. The minimum atomic E-state index is -0.621. The molecule has 4 rings (SSSR count). The van der Waals surface area contributed by atoms with Crippen molar-refractivity contribution in [1.82, 2.24) is 15.2 Å². The maximum absolute atomic E-state index is 12.4. The van der Waals surface area contributed by atoms with Crippen LogP contribution in [0.2, 0.25) is 0 Å². The van der Waals surface area contributed by atoms with E-state index in [0.29, 0.717) is 18.2 Å². The van der Waals surface area contributed by atoms with Crippen molar-refractivity contribution in [2.45, 2.75) is 51.5 Å². The van der Waals surface area contributed by atoms with Crippen LogP contribution in [0.3, 0.4) is 0 Å². The summed E-state index contributed by atoms with van der Waals surface area (Å²) in [6.45, 7) is 4.67. The highest BCUT2D eigenvalue weighted by atomic mass is 16.2. The van der Waals surface area contributed by atoms with Crippen molar-refractivity contribution in [2.24, 2.45) is 5.92 Å². The summed E-state index contributed by atoms with van der Waals surface area (Å²) in [6, 6.07) is 10.2. The number of aromatic nitrogens is 1. The molecule has 1 saturated heterocycles. The minimum Gasteiger partial charge on any atom is -0.348 e. The van der Waals surface area contributed by atoms with Gasteiger partial charge in [-0.2, -0.15) is 0 Å². The van der Waals surface area contributed by atoms with E-state index in [4.69, 9.17) is 0 Å². The lowest BCUT2D eigenvalue weighted by molar-refractivity contribution is -0.136. The van der Waals surface area contributed by atoms with Gasteiger partial charge in [-0.1, -0.05) is 31.0 Å². The van der Waals surface area contributed by atoms with Crippen LogP contribution in [0, 0.1) is 12.8 Å². The summed E-state index contributed by atoms with van der Waals surface area (Å²) in [5.41, 5.74) is 2.23. The van der Waals surface area contributed by atoms with Crippen molar-refractivity contribution in [1.29, 1.82) is 0 Å². The van der Waals surface area contributed by atoms with Gasteiger partial charge in [0.1, 0.15) is 0 Å². The SMILES string of the molecule is Cc1cc(NC(=O)C(=O)NCC2CCN(C3CCCC3)CC2)c2ccccc2n1. The Hall–Kier alpha value is -2.47. The zero-order chi connectivity index (χ0) is 20.2. The number of para-hydroxylation sites is 1. The molecule has 1 aliphatic carbocycles. The van der Waals surface area contributed by atoms with Crippen LogP contribution in [-0.2, 0) is 9.59 Å². The number of hydrogen-bond donors (Lipinski definition) is 2. The van der Waals surface area contributed by atoms with E-state index in [1.54, 1.807) is 6.07 Å². The number of anilines is 1. The molecule has 0 spiro atoms. The molecular weight excluding hydrogens is 364 g/mol. The van der Waals surface area contributed by atoms with Crippen molar-refractivity contribution < 1.29 is 9.59 Å². The fourth-order valence-corrected chi connectivity index (χ4v) is 4.70. The molecule has 1 saturated carbocycles. The number of carbonyl (C=O) groups is 2. The first-order valence-corrected chi connectivity index (χ1v) is 10.8. The number of amides is 2. The largest absolute Gasteiger partial charge is 0.348 e. The quantitative estimate of drug-likeness (QED) is 0.781. The maximum Gasteiger partial charge on any atom is 0.313 e. The normalized spacial score (nSPS) is 18.8. The topological polar surface area (TPSA) is 74.3 Å². The van der Waals surface area contributed by atoms with Gasteiger partial charge in [0, 0.05) is 23.7 Å². The molecule has 154 valence electrons. The van der Waals surface area contributed by atoms with Gasteiger partial charge in [0.15, 0.2) is 0 Å². The summed E-state index contributed by atoms with van der Waals surface area (Å²) in [6.07, 6.45) is 7.58. The average Bonchev–Trinajstić information content (AvgIpc) is 3.27. The first-order chi connectivity index (χ1) is 14.1. The Morgan fingerprint density at radius 2 is 1.79 bits per heavy atom. The van der Waals surface area contributed by atoms with Gasteiger partial charge in [0.25, 0.3) is 0 Å². The van der Waals surface area contributed by atoms with E-state index < -0.39 is 11.8 Å². The number of rotatable bonds is 4. The summed E-state index contributed by atoms with van der Waals surface area (Å²) < 4.78 is 0. The number of piperidine rings is 1. The zero-order valence-electron chi connectivity index (χ0n) is 17.1. The van der Waals surface area contributed by atoms with E-state index in [-0.39, 0.29) is 0 Å². The van der Waals surface area contributed by atoms with Crippen molar-refractivity contribution in [3.63, 3.8) is 0 Å². The van der Waals surface area contributed by atoms with Gasteiger partial charge in [0.05, 0.1) is 11.2 Å². The molecule has 1 aliphatic heterocycles. The molecule has 0 bridgehead atoms. The molecule has 2 fully saturated rings. The predicted molar refractivity (Wildman–Crippen MR) is 115 cm³/mol. The van der Waals surface area contributed by atoms with Crippen LogP contribution in [0.25, 0.3) is 10.9 Å². The molecule has 1 aromatic carbocycles. The van der Waals surface area contributed by atoms with Crippen LogP contribution in [0.5, 0.6) is 0 Å².